The van der Waals surface area contributed by atoms with Crippen LogP contribution in [0, 0.1) is 11.8 Å². The van der Waals surface area contributed by atoms with Crippen LogP contribution in [0.2, 0.25) is 0 Å². The molecule has 0 bridgehead atoms. The normalized spacial score (nSPS) is 18.9. The molecule has 3 nitrogen and oxygen atoms in total. The molecule has 0 aromatic rings. The van der Waals surface area contributed by atoms with E-state index in [1.54, 1.807) is 0 Å². The molecule has 1 aliphatic rings. The first kappa shape index (κ1) is 24.8. The third-order valence-electron chi connectivity index (χ3n) is 5.91. The Bertz CT molecular complexity index is 446. The Morgan fingerprint density at radius 3 is 1.74 bits per heavy atom. The summed E-state index contributed by atoms with van der Waals surface area (Å²) in [6.45, 7) is 16.6. The van der Waals surface area contributed by atoms with E-state index in [-0.39, 0.29) is 5.54 Å². The highest BCUT2D eigenvalue weighted by Crippen LogP contribution is 2.23. The van der Waals surface area contributed by atoms with Crippen molar-refractivity contribution >= 4 is 34.5 Å². The molecule has 0 aromatic carbocycles. The molecule has 0 saturated carbocycles. The van der Waals surface area contributed by atoms with E-state index < -0.39 is 0 Å². The van der Waals surface area contributed by atoms with Gasteiger partial charge in [0.05, 0.1) is 12.2 Å². The van der Waals surface area contributed by atoms with E-state index in [9.17, 15) is 0 Å². The fourth-order valence-corrected chi connectivity index (χ4v) is 4.56. The highest BCUT2D eigenvalue weighted by atomic mass is 32.1. The van der Waals surface area contributed by atoms with Crippen LogP contribution >= 0.6 is 24.4 Å². The van der Waals surface area contributed by atoms with Crippen molar-refractivity contribution in [3.05, 3.63) is 0 Å². The molecule has 0 aromatic heterocycles. The molecule has 158 valence electrons. The van der Waals surface area contributed by atoms with Gasteiger partial charge in [-0.1, -0.05) is 78.4 Å². The van der Waals surface area contributed by atoms with Crippen LogP contribution in [0.15, 0.2) is 0 Å². The number of nitrogens with one attached hydrogen (secondary N) is 1. The van der Waals surface area contributed by atoms with Gasteiger partial charge in [-0.25, -0.2) is 0 Å². The van der Waals surface area contributed by atoms with Crippen LogP contribution in [0.4, 0.5) is 0 Å². The fourth-order valence-electron chi connectivity index (χ4n) is 3.90. The molecule has 0 radical (unpaired) electrons. The monoisotopic (exact) mass is 413 g/mol. The summed E-state index contributed by atoms with van der Waals surface area (Å²) in [4.78, 5) is 5.72. The Hall–Kier alpha value is -0.260. The van der Waals surface area contributed by atoms with E-state index in [1.807, 2.05) is 0 Å². The molecule has 1 heterocycles. The Morgan fingerprint density at radius 1 is 0.926 bits per heavy atom. The average Bonchev–Trinajstić information content (AvgIpc) is 2.83. The van der Waals surface area contributed by atoms with Gasteiger partial charge in [0.1, 0.15) is 4.99 Å². The second-order valence-electron chi connectivity index (χ2n) is 8.80. The molecule has 2 unspecified atom stereocenters. The van der Waals surface area contributed by atoms with Gasteiger partial charge in [-0.2, -0.15) is 0 Å². The summed E-state index contributed by atoms with van der Waals surface area (Å²) in [5, 5.41) is 4.18. The van der Waals surface area contributed by atoms with Crippen molar-refractivity contribution in [2.24, 2.45) is 11.8 Å². The summed E-state index contributed by atoms with van der Waals surface area (Å²) in [6, 6.07) is 0. The summed E-state index contributed by atoms with van der Waals surface area (Å²) in [7, 11) is 0. The Labute approximate surface area is 179 Å². The number of unbranched alkanes of at least 4 members (excludes halogenated alkanes) is 2. The van der Waals surface area contributed by atoms with E-state index in [1.165, 1.54) is 51.4 Å². The summed E-state index contributed by atoms with van der Waals surface area (Å²) in [5.41, 5.74) is -0.211. The van der Waals surface area contributed by atoms with Gasteiger partial charge in [-0.15, -0.1) is 0 Å². The number of hydrogen-bond donors (Lipinski definition) is 1. The minimum Gasteiger partial charge on any atom is -0.351 e. The SMILES string of the molecule is CCCCC(CC)CN(CC(CC)CCCC)CN1C(=S)NC(C)(C)C1=S. The molecular formula is C22H43N3S2. The van der Waals surface area contributed by atoms with Gasteiger partial charge in [0.25, 0.3) is 0 Å². The standard InChI is InChI=1S/C22H43N3S2/c1-7-11-13-18(9-3)15-24(16-19(10-4)14-12-8-2)17-25-20(26)22(5,6)23-21(25)27/h18-19H,7-17H2,1-6H3,(H,23,27). The zero-order valence-corrected chi connectivity index (χ0v) is 20.3. The van der Waals surface area contributed by atoms with Crippen molar-refractivity contribution in [1.29, 1.82) is 0 Å². The molecule has 0 spiro atoms. The summed E-state index contributed by atoms with van der Waals surface area (Å²) in [6.07, 6.45) is 10.4. The van der Waals surface area contributed by atoms with Crippen molar-refractivity contribution in [2.75, 3.05) is 19.8 Å². The van der Waals surface area contributed by atoms with Crippen molar-refractivity contribution in [3.8, 4) is 0 Å². The van der Waals surface area contributed by atoms with Gasteiger partial charge in [-0.05, 0) is 50.7 Å². The highest BCUT2D eigenvalue weighted by molar-refractivity contribution is 7.82. The molecule has 27 heavy (non-hydrogen) atoms. The molecule has 1 saturated heterocycles. The van der Waals surface area contributed by atoms with Crippen LogP contribution in [-0.4, -0.2) is 45.2 Å². The molecule has 5 heteroatoms. The maximum atomic E-state index is 5.75. The second kappa shape index (κ2) is 12.3. The van der Waals surface area contributed by atoms with Gasteiger partial charge in [0.2, 0.25) is 0 Å². The van der Waals surface area contributed by atoms with Crippen molar-refractivity contribution in [3.63, 3.8) is 0 Å². The number of nitrogens with zero attached hydrogens (tertiary/aromatic N) is 2. The predicted molar refractivity (Wildman–Crippen MR) is 127 cm³/mol. The van der Waals surface area contributed by atoms with Crippen LogP contribution in [0.5, 0.6) is 0 Å². The predicted octanol–water partition coefficient (Wildman–Crippen LogP) is 5.97. The van der Waals surface area contributed by atoms with E-state index >= 15 is 0 Å². The topological polar surface area (TPSA) is 18.5 Å². The lowest BCUT2D eigenvalue weighted by Crippen LogP contribution is -2.45. The minimum atomic E-state index is -0.211. The minimum absolute atomic E-state index is 0.211. The van der Waals surface area contributed by atoms with Gasteiger partial charge < -0.3 is 5.32 Å². The second-order valence-corrected chi connectivity index (χ2v) is 9.57. The number of thiocarbonyl (C=S) groups is 2. The van der Waals surface area contributed by atoms with Crippen LogP contribution in [0.3, 0.4) is 0 Å². The van der Waals surface area contributed by atoms with Crippen molar-refractivity contribution in [1.82, 2.24) is 15.1 Å². The third-order valence-corrected chi connectivity index (χ3v) is 6.96. The Morgan fingerprint density at radius 2 is 1.41 bits per heavy atom. The Kier molecular flexibility index (Phi) is 11.3. The first-order chi connectivity index (χ1) is 12.8. The number of rotatable bonds is 14. The van der Waals surface area contributed by atoms with E-state index in [0.29, 0.717) is 0 Å². The zero-order chi connectivity index (χ0) is 20.4. The average molecular weight is 414 g/mol. The van der Waals surface area contributed by atoms with E-state index in [0.717, 1.165) is 41.7 Å². The van der Waals surface area contributed by atoms with Crippen LogP contribution in [-0.2, 0) is 0 Å². The lowest BCUT2D eigenvalue weighted by molar-refractivity contribution is 0.153. The summed E-state index contributed by atoms with van der Waals surface area (Å²) in [5.74, 6) is 1.53. The van der Waals surface area contributed by atoms with Crippen LogP contribution < -0.4 is 5.32 Å². The first-order valence-corrected chi connectivity index (χ1v) is 12.0. The highest BCUT2D eigenvalue weighted by Gasteiger charge is 2.39. The molecule has 1 aliphatic heterocycles. The lowest BCUT2D eigenvalue weighted by Gasteiger charge is -2.34. The third kappa shape index (κ3) is 7.94. The number of hydrogen-bond acceptors (Lipinski definition) is 3. The van der Waals surface area contributed by atoms with Gasteiger partial charge in [-0.3, -0.25) is 9.80 Å². The summed E-state index contributed by atoms with van der Waals surface area (Å²) >= 11 is 11.4. The molecule has 1 N–H and O–H groups in total. The molecule has 1 rings (SSSR count). The quantitative estimate of drug-likeness (QED) is 0.352. The maximum absolute atomic E-state index is 5.75. The van der Waals surface area contributed by atoms with Crippen LogP contribution in [0.1, 0.15) is 92.9 Å². The molecule has 0 amide bonds. The molecule has 2 atom stereocenters. The lowest BCUT2D eigenvalue weighted by atomic mass is 9.96. The maximum Gasteiger partial charge on any atom is 0.175 e. The molecule has 0 aliphatic carbocycles. The van der Waals surface area contributed by atoms with Crippen molar-refractivity contribution in [2.45, 2.75) is 98.4 Å². The molecule has 1 fully saturated rings. The Balaban J connectivity index is 2.85. The van der Waals surface area contributed by atoms with E-state index in [4.69, 9.17) is 24.4 Å². The largest absolute Gasteiger partial charge is 0.351 e. The van der Waals surface area contributed by atoms with Crippen LogP contribution in [0.25, 0.3) is 0 Å². The van der Waals surface area contributed by atoms with Gasteiger partial charge >= 0.3 is 0 Å². The van der Waals surface area contributed by atoms with Crippen molar-refractivity contribution < 1.29 is 0 Å². The smallest absolute Gasteiger partial charge is 0.175 e. The fraction of sp³-hybridized carbons (Fsp3) is 0.909. The zero-order valence-electron chi connectivity index (χ0n) is 18.6. The summed E-state index contributed by atoms with van der Waals surface area (Å²) < 4.78 is 0. The van der Waals surface area contributed by atoms with Gasteiger partial charge in [0.15, 0.2) is 5.11 Å². The van der Waals surface area contributed by atoms with E-state index in [2.05, 4.69) is 56.7 Å². The molecular weight excluding hydrogens is 370 g/mol. The van der Waals surface area contributed by atoms with Gasteiger partial charge in [0, 0.05) is 13.1 Å². The first-order valence-electron chi connectivity index (χ1n) is 11.1.